The first kappa shape index (κ1) is 18.5. The van der Waals surface area contributed by atoms with Gasteiger partial charge in [0.2, 0.25) is 0 Å². The molecular formula is C23H25FOS. The van der Waals surface area contributed by atoms with E-state index in [2.05, 4.69) is 6.92 Å². The van der Waals surface area contributed by atoms with Crippen molar-refractivity contribution in [2.75, 3.05) is 6.61 Å². The summed E-state index contributed by atoms with van der Waals surface area (Å²) < 4.78 is 22.1. The summed E-state index contributed by atoms with van der Waals surface area (Å²) in [7, 11) is -2.62. The van der Waals surface area contributed by atoms with E-state index in [-0.39, 0.29) is 0 Å². The highest BCUT2D eigenvalue weighted by molar-refractivity contribution is 8.29. The van der Waals surface area contributed by atoms with Crippen LogP contribution in [0.15, 0.2) is 94.7 Å². The molecule has 0 atom stereocenters. The summed E-state index contributed by atoms with van der Waals surface area (Å²) in [5.41, 5.74) is 0.984. The maximum Gasteiger partial charge on any atom is 0.119 e. The Kier molecular flexibility index (Phi) is 6.35. The number of rotatable bonds is 8. The SMILES string of the molecule is CCCCOc1ccc(CS(F)(c2ccccc2)c2ccccc2)cc1. The summed E-state index contributed by atoms with van der Waals surface area (Å²) in [5, 5.41) is 0. The van der Waals surface area contributed by atoms with Gasteiger partial charge < -0.3 is 4.74 Å². The predicted octanol–water partition coefficient (Wildman–Crippen LogP) is 7.17. The van der Waals surface area contributed by atoms with Gasteiger partial charge in [0.25, 0.3) is 0 Å². The fraction of sp³-hybridized carbons (Fsp3) is 0.217. The van der Waals surface area contributed by atoms with Crippen LogP contribution in [0.4, 0.5) is 3.89 Å². The smallest absolute Gasteiger partial charge is 0.119 e. The van der Waals surface area contributed by atoms with E-state index in [9.17, 15) is 0 Å². The third-order valence-corrected chi connectivity index (χ3v) is 7.06. The van der Waals surface area contributed by atoms with Crippen LogP contribution in [0.2, 0.25) is 0 Å². The van der Waals surface area contributed by atoms with Crippen LogP contribution in [0, 0.1) is 0 Å². The van der Waals surface area contributed by atoms with Crippen LogP contribution in [-0.4, -0.2) is 6.61 Å². The zero-order valence-corrected chi connectivity index (χ0v) is 15.9. The van der Waals surface area contributed by atoms with Gasteiger partial charge in [0.15, 0.2) is 0 Å². The molecule has 0 aliphatic carbocycles. The Morgan fingerprint density at radius 1 is 0.769 bits per heavy atom. The molecule has 0 N–H and O–H groups in total. The minimum Gasteiger partial charge on any atom is -0.494 e. The number of benzene rings is 3. The number of halogens is 1. The van der Waals surface area contributed by atoms with E-state index < -0.39 is 10.4 Å². The van der Waals surface area contributed by atoms with Crippen molar-refractivity contribution in [1.29, 1.82) is 0 Å². The molecule has 0 aromatic heterocycles. The second-order valence-corrected chi connectivity index (χ2v) is 8.81. The number of hydrogen-bond acceptors (Lipinski definition) is 1. The zero-order valence-electron chi connectivity index (χ0n) is 15.1. The van der Waals surface area contributed by atoms with E-state index in [0.29, 0.717) is 5.75 Å². The molecule has 0 aliphatic heterocycles. The van der Waals surface area contributed by atoms with Gasteiger partial charge in [-0.25, -0.2) is 0 Å². The Bertz CT molecular complexity index is 748. The van der Waals surface area contributed by atoms with Gasteiger partial charge in [-0.1, -0.05) is 61.9 Å². The summed E-state index contributed by atoms with van der Waals surface area (Å²) in [6, 6.07) is 26.9. The summed E-state index contributed by atoms with van der Waals surface area (Å²) in [6.45, 7) is 2.87. The molecule has 3 aromatic rings. The topological polar surface area (TPSA) is 9.23 Å². The standard InChI is InChI=1S/C23H25FOS/c1-2-3-18-25-21-16-14-20(15-17-21)19-26(24,22-10-6-4-7-11-22)23-12-8-5-9-13-23/h4-17H,2-3,18-19H2,1H3. The Morgan fingerprint density at radius 2 is 1.31 bits per heavy atom. The minimum absolute atomic E-state index is 0.371. The van der Waals surface area contributed by atoms with Crippen LogP contribution in [0.5, 0.6) is 5.75 Å². The van der Waals surface area contributed by atoms with Crippen molar-refractivity contribution in [2.45, 2.75) is 35.3 Å². The van der Waals surface area contributed by atoms with Crippen molar-refractivity contribution < 1.29 is 8.62 Å². The van der Waals surface area contributed by atoms with Gasteiger partial charge in [-0.2, -0.15) is 3.89 Å². The van der Waals surface area contributed by atoms with Crippen LogP contribution in [0.3, 0.4) is 0 Å². The fourth-order valence-corrected chi connectivity index (χ4v) is 5.26. The molecule has 3 rings (SSSR count). The van der Waals surface area contributed by atoms with E-state index in [1.807, 2.05) is 84.9 Å². The molecule has 0 aliphatic rings. The van der Waals surface area contributed by atoms with Gasteiger partial charge in [-0.3, -0.25) is 0 Å². The lowest BCUT2D eigenvalue weighted by atomic mass is 10.2. The predicted molar refractivity (Wildman–Crippen MR) is 109 cm³/mol. The molecule has 0 saturated carbocycles. The summed E-state index contributed by atoms with van der Waals surface area (Å²) in [6.07, 6.45) is 2.15. The second kappa shape index (κ2) is 8.91. The van der Waals surface area contributed by atoms with Crippen LogP contribution in [-0.2, 0) is 5.75 Å². The molecule has 0 fully saturated rings. The summed E-state index contributed by atoms with van der Waals surface area (Å²) in [5.74, 6) is 1.22. The van der Waals surface area contributed by atoms with Gasteiger partial charge in [0.05, 0.1) is 6.61 Å². The molecule has 136 valence electrons. The lowest BCUT2D eigenvalue weighted by Gasteiger charge is -2.32. The average molecular weight is 369 g/mol. The van der Waals surface area contributed by atoms with Crippen LogP contribution in [0.1, 0.15) is 25.3 Å². The molecule has 0 radical (unpaired) electrons. The van der Waals surface area contributed by atoms with Gasteiger partial charge >= 0.3 is 0 Å². The first-order valence-electron chi connectivity index (χ1n) is 9.05. The monoisotopic (exact) mass is 368 g/mol. The zero-order chi connectivity index (χ0) is 18.2. The molecule has 0 unspecified atom stereocenters. The maximum atomic E-state index is 16.3. The highest BCUT2D eigenvalue weighted by Gasteiger charge is 2.28. The highest BCUT2D eigenvalue weighted by Crippen LogP contribution is 2.65. The lowest BCUT2D eigenvalue weighted by Crippen LogP contribution is -2.01. The van der Waals surface area contributed by atoms with Crippen LogP contribution in [0.25, 0.3) is 0 Å². The third-order valence-electron chi connectivity index (χ3n) is 4.29. The molecule has 26 heavy (non-hydrogen) atoms. The first-order chi connectivity index (χ1) is 12.7. The van der Waals surface area contributed by atoms with E-state index in [4.69, 9.17) is 4.74 Å². The van der Waals surface area contributed by atoms with Crippen LogP contribution < -0.4 is 4.74 Å². The molecule has 0 heterocycles. The van der Waals surface area contributed by atoms with E-state index in [1.54, 1.807) is 0 Å². The van der Waals surface area contributed by atoms with Crippen LogP contribution >= 0.6 is 10.4 Å². The second-order valence-electron chi connectivity index (χ2n) is 6.27. The highest BCUT2D eigenvalue weighted by atomic mass is 32.3. The van der Waals surface area contributed by atoms with Crippen molar-refractivity contribution in [3.8, 4) is 5.75 Å². The van der Waals surface area contributed by atoms with Crippen molar-refractivity contribution >= 4 is 10.4 Å². The minimum atomic E-state index is -2.62. The summed E-state index contributed by atoms with van der Waals surface area (Å²) >= 11 is 0. The van der Waals surface area contributed by atoms with E-state index in [1.165, 1.54) is 0 Å². The molecule has 0 amide bonds. The summed E-state index contributed by atoms with van der Waals surface area (Å²) in [4.78, 5) is 1.52. The Labute approximate surface area is 157 Å². The molecule has 3 heteroatoms. The van der Waals surface area contributed by atoms with Crippen molar-refractivity contribution in [3.05, 3.63) is 90.5 Å². The molecule has 0 saturated heterocycles. The Morgan fingerprint density at radius 3 is 1.81 bits per heavy atom. The lowest BCUT2D eigenvalue weighted by molar-refractivity contribution is 0.309. The normalized spacial score (nSPS) is 11.9. The fourth-order valence-electron chi connectivity index (χ4n) is 2.82. The average Bonchev–Trinajstić information content (AvgIpc) is 2.71. The van der Waals surface area contributed by atoms with Gasteiger partial charge in [-0.05, 0) is 58.8 Å². The largest absolute Gasteiger partial charge is 0.494 e. The molecular weight excluding hydrogens is 343 g/mol. The third kappa shape index (κ3) is 4.47. The van der Waals surface area contributed by atoms with E-state index >= 15 is 3.89 Å². The van der Waals surface area contributed by atoms with Crippen molar-refractivity contribution in [3.63, 3.8) is 0 Å². The molecule has 0 bridgehead atoms. The maximum absolute atomic E-state index is 16.3. The van der Waals surface area contributed by atoms with Gasteiger partial charge in [0.1, 0.15) is 5.75 Å². The van der Waals surface area contributed by atoms with Gasteiger partial charge in [0, 0.05) is 15.5 Å². The quantitative estimate of drug-likeness (QED) is 0.383. The molecule has 1 nitrogen and oxygen atoms in total. The Hall–Kier alpha value is -2.26. The van der Waals surface area contributed by atoms with Crippen molar-refractivity contribution in [2.24, 2.45) is 0 Å². The molecule has 3 aromatic carbocycles. The number of hydrogen-bond donors (Lipinski definition) is 0. The first-order valence-corrected chi connectivity index (χ1v) is 10.7. The Balaban J connectivity index is 1.85. The molecule has 0 spiro atoms. The van der Waals surface area contributed by atoms with Crippen molar-refractivity contribution in [1.82, 2.24) is 0 Å². The van der Waals surface area contributed by atoms with Gasteiger partial charge in [-0.15, -0.1) is 0 Å². The number of unbranched alkanes of at least 4 members (excludes halogenated alkanes) is 1. The van der Waals surface area contributed by atoms with E-state index in [0.717, 1.165) is 40.6 Å². The number of ether oxygens (including phenoxy) is 1.